The summed E-state index contributed by atoms with van der Waals surface area (Å²) in [7, 11) is 1.71. The highest BCUT2D eigenvalue weighted by Gasteiger charge is 2.36. The first-order valence-corrected chi connectivity index (χ1v) is 7.21. The van der Waals surface area contributed by atoms with Crippen molar-refractivity contribution in [3.05, 3.63) is 0 Å². The van der Waals surface area contributed by atoms with E-state index >= 15 is 0 Å². The molecule has 0 aliphatic carbocycles. The van der Waals surface area contributed by atoms with Gasteiger partial charge in [0.05, 0.1) is 12.7 Å². The predicted molar refractivity (Wildman–Crippen MR) is 54.0 cm³/mol. The van der Waals surface area contributed by atoms with Crippen molar-refractivity contribution in [2.24, 2.45) is 0 Å². The molecule has 0 amide bonds. The third kappa shape index (κ3) is 3.38. The fourth-order valence-electron chi connectivity index (χ4n) is 1.61. The quantitative estimate of drug-likeness (QED) is 0.469. The van der Waals surface area contributed by atoms with E-state index in [-0.39, 0.29) is 0 Å². The highest BCUT2D eigenvalue weighted by molar-refractivity contribution is 6.67. The number of ether oxygens (including phenoxy) is 1. The van der Waals surface area contributed by atoms with E-state index in [0.717, 1.165) is 31.5 Å². The molecule has 0 radical (unpaired) electrons. The summed E-state index contributed by atoms with van der Waals surface area (Å²) in [4.78, 5) is 0. The number of epoxide rings is 1. The van der Waals surface area contributed by atoms with Crippen LogP contribution in [0.25, 0.3) is 0 Å². The largest absolute Gasteiger partial charge is 0.398 e. The van der Waals surface area contributed by atoms with Gasteiger partial charge >= 0.3 is 8.56 Å². The monoisotopic (exact) mass is 204 g/mol. The van der Waals surface area contributed by atoms with E-state index in [1.807, 2.05) is 0 Å². The first-order valence-electron chi connectivity index (χ1n) is 4.98. The average Bonchev–Trinajstić information content (AvgIpc) is 2.96. The van der Waals surface area contributed by atoms with Crippen molar-refractivity contribution in [1.29, 1.82) is 0 Å². The van der Waals surface area contributed by atoms with E-state index in [2.05, 4.69) is 6.92 Å². The minimum atomic E-state index is -1.85. The van der Waals surface area contributed by atoms with Crippen molar-refractivity contribution in [2.45, 2.75) is 38.0 Å². The van der Waals surface area contributed by atoms with Crippen LogP contribution in [0, 0.1) is 0 Å². The fraction of sp³-hybridized carbons (Fsp3) is 1.00. The highest BCUT2D eigenvalue weighted by Crippen LogP contribution is 2.26. The second kappa shape index (κ2) is 5.10. The predicted octanol–water partition coefficient (Wildman–Crippen LogP) is 1.92. The van der Waals surface area contributed by atoms with Gasteiger partial charge in [-0.25, -0.2) is 0 Å². The van der Waals surface area contributed by atoms with Gasteiger partial charge in [-0.05, 0) is 18.5 Å². The van der Waals surface area contributed by atoms with Crippen molar-refractivity contribution in [1.82, 2.24) is 0 Å². The maximum atomic E-state index is 5.57. The van der Waals surface area contributed by atoms with Crippen LogP contribution < -0.4 is 0 Å². The van der Waals surface area contributed by atoms with Crippen LogP contribution in [-0.2, 0) is 13.6 Å². The van der Waals surface area contributed by atoms with Crippen molar-refractivity contribution >= 4 is 8.56 Å². The molecule has 1 unspecified atom stereocenters. The number of hydrogen-bond acceptors (Lipinski definition) is 3. The molecule has 0 saturated carbocycles. The van der Waals surface area contributed by atoms with Crippen LogP contribution in [0.2, 0.25) is 12.1 Å². The zero-order chi connectivity index (χ0) is 9.73. The SMILES string of the molecule is CCC[Si](CCC1CO1)(OC)OC. The van der Waals surface area contributed by atoms with Crippen LogP contribution in [0.4, 0.5) is 0 Å². The van der Waals surface area contributed by atoms with Crippen LogP contribution in [-0.4, -0.2) is 35.5 Å². The molecule has 0 N–H and O–H groups in total. The van der Waals surface area contributed by atoms with E-state index in [1.165, 1.54) is 0 Å². The molecule has 0 aromatic carbocycles. The zero-order valence-corrected chi connectivity index (χ0v) is 9.84. The number of rotatable bonds is 7. The molecule has 1 aliphatic heterocycles. The molecule has 0 aromatic rings. The van der Waals surface area contributed by atoms with Crippen molar-refractivity contribution in [3.63, 3.8) is 0 Å². The van der Waals surface area contributed by atoms with Gasteiger partial charge in [0.1, 0.15) is 0 Å². The Labute approximate surface area is 81.6 Å². The lowest BCUT2D eigenvalue weighted by Crippen LogP contribution is -2.39. The van der Waals surface area contributed by atoms with Crippen LogP contribution in [0.15, 0.2) is 0 Å². The maximum Gasteiger partial charge on any atom is 0.337 e. The molecule has 1 saturated heterocycles. The molecule has 0 bridgehead atoms. The third-order valence-corrected chi connectivity index (χ3v) is 6.42. The summed E-state index contributed by atoms with van der Waals surface area (Å²) >= 11 is 0. The molecule has 1 fully saturated rings. The molecule has 78 valence electrons. The molecular weight excluding hydrogens is 184 g/mol. The summed E-state index contributed by atoms with van der Waals surface area (Å²) in [6.07, 6.45) is 2.74. The Kier molecular flexibility index (Phi) is 4.38. The second-order valence-electron chi connectivity index (χ2n) is 3.56. The topological polar surface area (TPSA) is 31.0 Å². The Morgan fingerprint density at radius 2 is 1.92 bits per heavy atom. The van der Waals surface area contributed by atoms with Crippen molar-refractivity contribution in [2.75, 3.05) is 20.8 Å². The summed E-state index contributed by atoms with van der Waals surface area (Å²) in [6, 6.07) is 2.16. The van der Waals surface area contributed by atoms with Crippen LogP contribution >= 0.6 is 0 Å². The lowest BCUT2D eigenvalue weighted by atomic mass is 10.4. The zero-order valence-electron chi connectivity index (χ0n) is 8.84. The Morgan fingerprint density at radius 3 is 2.31 bits per heavy atom. The first kappa shape index (κ1) is 11.2. The molecule has 3 nitrogen and oxygen atoms in total. The maximum absolute atomic E-state index is 5.57. The van der Waals surface area contributed by atoms with Gasteiger partial charge in [-0.3, -0.25) is 0 Å². The third-order valence-electron chi connectivity index (χ3n) is 2.62. The van der Waals surface area contributed by atoms with E-state index in [4.69, 9.17) is 13.6 Å². The summed E-state index contributed by atoms with van der Waals surface area (Å²) in [5, 5.41) is 0. The molecule has 1 atom stereocenters. The van der Waals surface area contributed by atoms with Gasteiger partial charge < -0.3 is 13.6 Å². The van der Waals surface area contributed by atoms with Gasteiger partial charge in [0, 0.05) is 14.2 Å². The van der Waals surface area contributed by atoms with Crippen molar-refractivity contribution in [3.8, 4) is 0 Å². The fourth-order valence-corrected chi connectivity index (χ4v) is 4.37. The summed E-state index contributed by atoms with van der Waals surface area (Å²) < 4.78 is 16.3. The standard InChI is InChI=1S/C9H20O3Si/c1-4-6-13(10-2,11-3)7-5-9-8-12-9/h9H,4-8H2,1-3H3. The Morgan fingerprint density at radius 1 is 1.31 bits per heavy atom. The highest BCUT2D eigenvalue weighted by atomic mass is 28.4. The van der Waals surface area contributed by atoms with Gasteiger partial charge in [0.25, 0.3) is 0 Å². The Balaban J connectivity index is 2.32. The van der Waals surface area contributed by atoms with Crippen LogP contribution in [0.3, 0.4) is 0 Å². The average molecular weight is 204 g/mol. The minimum absolute atomic E-state index is 0.494. The van der Waals surface area contributed by atoms with E-state index < -0.39 is 8.56 Å². The smallest absolute Gasteiger partial charge is 0.337 e. The van der Waals surface area contributed by atoms with Gasteiger partial charge in [-0.1, -0.05) is 13.3 Å². The molecule has 1 rings (SSSR count). The molecule has 1 aliphatic rings. The Bertz CT molecular complexity index is 144. The molecule has 4 heteroatoms. The second-order valence-corrected chi connectivity index (χ2v) is 7.20. The molecule has 13 heavy (non-hydrogen) atoms. The number of hydrogen-bond donors (Lipinski definition) is 0. The summed E-state index contributed by atoms with van der Waals surface area (Å²) in [5.74, 6) is 0. The van der Waals surface area contributed by atoms with Gasteiger partial charge in [-0.2, -0.15) is 0 Å². The van der Waals surface area contributed by atoms with E-state index in [9.17, 15) is 0 Å². The lowest BCUT2D eigenvalue weighted by Gasteiger charge is -2.26. The Hall–Kier alpha value is 0.0969. The normalized spacial score (nSPS) is 21.9. The summed E-state index contributed by atoms with van der Waals surface area (Å²) in [6.45, 7) is 3.11. The first-order chi connectivity index (χ1) is 6.26. The van der Waals surface area contributed by atoms with Gasteiger partial charge in [-0.15, -0.1) is 0 Å². The van der Waals surface area contributed by atoms with Gasteiger partial charge in [0.2, 0.25) is 0 Å². The van der Waals surface area contributed by atoms with Crippen molar-refractivity contribution < 1.29 is 13.6 Å². The lowest BCUT2D eigenvalue weighted by molar-refractivity contribution is 0.237. The summed E-state index contributed by atoms with van der Waals surface area (Å²) in [5.41, 5.74) is 0. The molecule has 0 aromatic heterocycles. The molecular formula is C9H20O3Si. The van der Waals surface area contributed by atoms with E-state index in [1.54, 1.807) is 14.2 Å². The minimum Gasteiger partial charge on any atom is -0.398 e. The molecule has 1 heterocycles. The van der Waals surface area contributed by atoms with E-state index in [0.29, 0.717) is 6.10 Å². The molecule has 0 spiro atoms. The van der Waals surface area contributed by atoms with Crippen LogP contribution in [0.5, 0.6) is 0 Å². The van der Waals surface area contributed by atoms with Crippen LogP contribution in [0.1, 0.15) is 19.8 Å². The van der Waals surface area contributed by atoms with Gasteiger partial charge in [0.15, 0.2) is 0 Å².